The number of nitrogens with two attached hydrogens (primary N) is 2. The largest absolute Gasteiger partial charge is 0.508 e. The molecule has 5 heterocycles. The van der Waals surface area contributed by atoms with Crippen molar-refractivity contribution in [2.45, 2.75) is 229 Å². The quantitative estimate of drug-likeness (QED) is 0.0321. The average molecular weight is 1830 g/mol. The van der Waals surface area contributed by atoms with Crippen LogP contribution in [0.4, 0.5) is 0 Å². The van der Waals surface area contributed by atoms with Gasteiger partial charge in [0.2, 0.25) is 100 Å². The highest BCUT2D eigenvalue weighted by molar-refractivity contribution is 8.00. The van der Waals surface area contributed by atoms with E-state index in [2.05, 4.69) is 68.5 Å². The van der Waals surface area contributed by atoms with Gasteiger partial charge in [0.15, 0.2) is 0 Å². The first-order valence-electron chi connectivity index (χ1n) is 44.2. The van der Waals surface area contributed by atoms with Crippen LogP contribution < -0.4 is 70.0 Å². The van der Waals surface area contributed by atoms with E-state index in [1.807, 2.05) is 26.0 Å². The van der Waals surface area contributed by atoms with Crippen molar-refractivity contribution in [1.82, 2.24) is 93.0 Å². The number of phenolic OH excluding ortho intramolecular Hbond substituents is 1. The van der Waals surface area contributed by atoms with E-state index < -0.39 is 236 Å². The number of unbranched alkanes of at least 4 members (excludes halogenated alkanes) is 2. The molecule has 17 amide bonds. The minimum Gasteiger partial charge on any atom is -0.508 e. The van der Waals surface area contributed by atoms with Crippen molar-refractivity contribution in [3.05, 3.63) is 102 Å². The molecule has 710 valence electrons. The topological polar surface area (TPSA) is 583 Å². The number of benzene rings is 3. The molecule has 0 bridgehead atoms. The number of aliphatic hydroxyl groups excluding tert-OH is 2. The van der Waals surface area contributed by atoms with Crippen LogP contribution in [0.25, 0.3) is 21.8 Å². The number of carbonyl (C=O) groups excluding carboxylic acids is 17. The number of phenols is 1. The number of aromatic hydroxyl groups is 1. The molecule has 3 aliphatic rings. The van der Waals surface area contributed by atoms with Crippen molar-refractivity contribution in [3.63, 3.8) is 0 Å². The number of rotatable bonds is 24. The van der Waals surface area contributed by atoms with Crippen LogP contribution in [0.2, 0.25) is 0 Å². The molecule has 3 aromatic carbocycles. The third kappa shape index (κ3) is 28.9. The van der Waals surface area contributed by atoms with E-state index >= 15 is 24.0 Å². The van der Waals surface area contributed by atoms with Crippen LogP contribution in [0.1, 0.15) is 142 Å². The predicted octanol–water partition coefficient (Wildman–Crippen LogP) is -1.89. The van der Waals surface area contributed by atoms with E-state index in [0.29, 0.717) is 64.2 Å². The molecule has 1 unspecified atom stereocenters. The molecule has 14 atom stereocenters. The molecule has 3 saturated heterocycles. The number of hydrogen-bond acceptors (Lipinski definition) is 22. The molecule has 3 fully saturated rings. The summed E-state index contributed by atoms with van der Waals surface area (Å²) in [5, 5.41) is 61.3. The standard InChI is InChI=1S/C89H128N20O20S/c1-11-13-24-69-82(122)99-61(34-49(3)4)80(120)104-68(79(119)95-44-74(114)92-31-33-110)47-130-48-76(116)98-64(36-52-27-29-55(111)30-28-52)85(125)105(8)51(7)77(117)101-66(40-73(91)113)87(127)108-32-19-26-70(108)83(123)103-67(41-90)81(121)102-63(35-50(5)6)88(128)109-46-56(112)39-72(109)84(124)100-62(37-53-42-93-59-22-17-15-20-57(53)59)78(118)96-45-75(115)97-65(38-54-43-94-60-23-18-16-21-58(54)60)86(126)107(10)71(25-14-12-2)89(129)106(69)9/h15-18,20-23,27-30,42-43,49-51,56,61-72,93-94,110-112H,11-14,19,24-26,31-41,44-48,90H2,1-10H3,(H2,91,113)(H,92,114)(H,95,119)(H,96,118)(H,97,115)(H,98,116)(H,99,122)(H,100,124)(H,101,117)(H,102,121)(H,103,123)(H,104,120)/t51-,56+,61-,62-,63-,64-,65?,66-,67-,68-,69-,70-,71-,72-/m0/s1. The van der Waals surface area contributed by atoms with Crippen LogP contribution >= 0.6 is 11.8 Å². The second-order valence-electron chi connectivity index (χ2n) is 34.2. The van der Waals surface area contributed by atoms with Gasteiger partial charge in [0, 0.05) is 113 Å². The summed E-state index contributed by atoms with van der Waals surface area (Å²) in [5.41, 5.74) is 14.8. The normalized spacial score (nSPS) is 24.8. The number of aromatic amines is 2. The molecule has 0 spiro atoms. The zero-order valence-corrected chi connectivity index (χ0v) is 76.2. The number of amides is 17. The number of nitrogens with one attached hydrogen (secondary N) is 13. The number of aliphatic hydroxyl groups is 2. The van der Waals surface area contributed by atoms with Crippen LogP contribution in [0, 0.1) is 11.8 Å². The number of aromatic nitrogens is 2. The Labute approximate surface area is 759 Å². The number of carbonyl (C=O) groups is 17. The van der Waals surface area contributed by atoms with Gasteiger partial charge in [-0.2, -0.15) is 0 Å². The SMILES string of the molecule is CCCC[C@H]1C(=O)N(C)[C@@H](CCCC)C(=O)N[C@@H](CC(C)C)C(=O)N[C@H](C(=O)NCC(=O)NCCO)CSCC(=O)N[C@@H](Cc2ccc(O)cc2)C(=O)N(C)[C@@H](C)C(=O)N[C@@H](CC(N)=O)C(=O)N2CCC[C@H]2C(=O)N[C@@H](CN)C(=O)N[C@@H](CC(C)C)C(=O)N2C[C@H](O)C[C@H]2C(=O)N[C@@H](Cc2c[nH]c3ccccc23)C(=O)NCC(=O)NC(Cc2c[nH]c3ccccc23)C(=O)N1C. The van der Waals surface area contributed by atoms with Gasteiger partial charge in [-0.05, 0) is 98.2 Å². The smallest absolute Gasteiger partial charge is 0.246 e. The fraction of sp³-hybridized carbons (Fsp3) is 0.562. The molecule has 40 nitrogen and oxygen atoms in total. The summed E-state index contributed by atoms with van der Waals surface area (Å²) < 4.78 is 0. The molecule has 0 saturated carbocycles. The summed E-state index contributed by atoms with van der Waals surface area (Å²) in [7, 11) is 4.02. The molecule has 2 aromatic heterocycles. The van der Waals surface area contributed by atoms with E-state index in [1.165, 1.54) is 62.1 Å². The minimum atomic E-state index is -1.76. The van der Waals surface area contributed by atoms with E-state index in [9.17, 15) is 72.9 Å². The van der Waals surface area contributed by atoms with Crippen LogP contribution in [0.3, 0.4) is 0 Å². The number of H-pyrrole nitrogens is 2. The fourth-order valence-corrected chi connectivity index (χ4v) is 17.0. The Bertz CT molecular complexity index is 4830. The lowest BCUT2D eigenvalue weighted by atomic mass is 9.99. The molecule has 0 aliphatic carbocycles. The molecule has 130 heavy (non-hydrogen) atoms. The number of fused-ring (bicyclic) bond motifs is 4. The zero-order valence-electron chi connectivity index (χ0n) is 75.4. The number of likely N-dealkylation sites (N-methyl/N-ethyl adjacent to an activating group) is 3. The maximum Gasteiger partial charge on any atom is 0.246 e. The van der Waals surface area contributed by atoms with Crippen molar-refractivity contribution >= 4 is 134 Å². The Hall–Kier alpha value is -12.2. The van der Waals surface area contributed by atoms with E-state index in [-0.39, 0.29) is 94.9 Å². The Morgan fingerprint density at radius 2 is 1.08 bits per heavy atom. The van der Waals surface area contributed by atoms with Gasteiger partial charge in [-0.15, -0.1) is 11.8 Å². The molecule has 20 N–H and O–H groups in total. The highest BCUT2D eigenvalue weighted by Gasteiger charge is 2.46. The second-order valence-corrected chi connectivity index (χ2v) is 35.2. The Kier molecular flexibility index (Phi) is 39.3. The molecule has 3 aliphatic heterocycles. The summed E-state index contributed by atoms with van der Waals surface area (Å²) >= 11 is 0.801. The van der Waals surface area contributed by atoms with Crippen molar-refractivity contribution in [3.8, 4) is 5.75 Å². The first-order valence-corrected chi connectivity index (χ1v) is 45.4. The summed E-state index contributed by atoms with van der Waals surface area (Å²) in [6.07, 6.45) is 2.24. The van der Waals surface area contributed by atoms with Crippen molar-refractivity contribution < 1.29 is 96.8 Å². The van der Waals surface area contributed by atoms with Crippen molar-refractivity contribution in [1.29, 1.82) is 0 Å². The zero-order chi connectivity index (χ0) is 95.3. The van der Waals surface area contributed by atoms with Gasteiger partial charge in [-0.1, -0.05) is 116 Å². The predicted molar refractivity (Wildman–Crippen MR) is 482 cm³/mol. The highest BCUT2D eigenvalue weighted by atomic mass is 32.2. The lowest BCUT2D eigenvalue weighted by molar-refractivity contribution is -0.149. The number of thioether (sulfide) groups is 1. The fourth-order valence-electron chi connectivity index (χ4n) is 16.1. The van der Waals surface area contributed by atoms with Crippen LogP contribution in [0.15, 0.2) is 85.2 Å². The lowest BCUT2D eigenvalue weighted by Gasteiger charge is -2.36. The monoisotopic (exact) mass is 1830 g/mol. The van der Waals surface area contributed by atoms with E-state index in [0.717, 1.165) is 26.5 Å². The highest BCUT2D eigenvalue weighted by Crippen LogP contribution is 2.28. The van der Waals surface area contributed by atoms with Gasteiger partial charge in [0.25, 0.3) is 0 Å². The van der Waals surface area contributed by atoms with Gasteiger partial charge in [-0.25, -0.2) is 0 Å². The number of hydrogen-bond donors (Lipinski definition) is 18. The molecule has 41 heteroatoms. The van der Waals surface area contributed by atoms with Crippen molar-refractivity contribution in [2.75, 3.05) is 78.5 Å². The summed E-state index contributed by atoms with van der Waals surface area (Å²) in [6.45, 7) is 8.94. The van der Waals surface area contributed by atoms with Gasteiger partial charge in [0.1, 0.15) is 84.3 Å². The molecule has 0 radical (unpaired) electrons. The third-order valence-electron chi connectivity index (χ3n) is 23.3. The number of para-hydroxylation sites is 2. The van der Waals surface area contributed by atoms with Gasteiger partial charge in [-0.3, -0.25) is 81.5 Å². The van der Waals surface area contributed by atoms with Gasteiger partial charge >= 0.3 is 0 Å². The molecular formula is C89H128N20O20S. The molecular weight excluding hydrogens is 1700 g/mol. The van der Waals surface area contributed by atoms with E-state index in [1.54, 1.807) is 76.5 Å². The summed E-state index contributed by atoms with van der Waals surface area (Å²) in [4.78, 5) is 260. The Balaban J connectivity index is 1.17. The molecule has 8 rings (SSSR count). The molecule has 5 aromatic rings. The van der Waals surface area contributed by atoms with Crippen molar-refractivity contribution in [2.24, 2.45) is 23.3 Å². The second kappa shape index (κ2) is 49.5. The summed E-state index contributed by atoms with van der Waals surface area (Å²) in [6, 6.07) is 0.772. The minimum absolute atomic E-state index is 0.00199. The Morgan fingerprint density at radius 1 is 0.554 bits per heavy atom. The average Bonchev–Trinajstić information content (AvgIpc) is 1.48. The number of nitrogens with zero attached hydrogens (tertiary/aromatic N) is 5. The summed E-state index contributed by atoms with van der Waals surface area (Å²) in [5.74, 6) is -16.6. The third-order valence-corrected chi connectivity index (χ3v) is 24.4. The van der Waals surface area contributed by atoms with Crippen LogP contribution in [0.5, 0.6) is 5.75 Å². The van der Waals surface area contributed by atoms with Gasteiger partial charge < -0.3 is 120 Å². The van der Waals surface area contributed by atoms with Crippen LogP contribution in [-0.2, 0) is 101 Å². The maximum atomic E-state index is 15.6. The first-order chi connectivity index (χ1) is 61.9. The van der Waals surface area contributed by atoms with Crippen LogP contribution in [-0.4, -0.2) is 313 Å². The Morgan fingerprint density at radius 3 is 1.69 bits per heavy atom. The lowest BCUT2D eigenvalue weighted by Crippen LogP contribution is -2.61. The number of primary amides is 1. The first kappa shape index (κ1) is 103. The maximum absolute atomic E-state index is 15.6. The van der Waals surface area contributed by atoms with Gasteiger partial charge in [0.05, 0.1) is 38.0 Å². The van der Waals surface area contributed by atoms with E-state index in [4.69, 9.17) is 11.5 Å².